The maximum atomic E-state index is 5.63. The van der Waals surface area contributed by atoms with Gasteiger partial charge in [-0.3, -0.25) is 0 Å². The van der Waals surface area contributed by atoms with E-state index in [0.717, 1.165) is 19.4 Å². The van der Waals surface area contributed by atoms with Crippen molar-refractivity contribution in [3.8, 4) is 0 Å². The molecule has 1 radical (unpaired) electrons. The number of ether oxygens (including phenoxy) is 1. The predicted molar refractivity (Wildman–Crippen MR) is 29.1 cm³/mol. The van der Waals surface area contributed by atoms with Gasteiger partial charge in [-0.05, 0) is 19.8 Å². The average Bonchev–Trinajstić information content (AvgIpc) is 1.84. The molecule has 1 aliphatic rings. The van der Waals surface area contributed by atoms with Gasteiger partial charge in [0.05, 0.1) is 0 Å². The summed E-state index contributed by atoms with van der Waals surface area (Å²) in [6.45, 7) is 4.38. The van der Waals surface area contributed by atoms with Gasteiger partial charge >= 0.3 is 0 Å². The SMILES string of the molecule is [CH2]C1(Cl)CCCO1. The molecular formula is C5H8ClO. The maximum absolute atomic E-state index is 5.63. The third-order valence-electron chi connectivity index (χ3n) is 1.06. The number of hydrogen-bond donors (Lipinski definition) is 0. The number of alkyl halides is 1. The van der Waals surface area contributed by atoms with Crippen LogP contribution in [0.2, 0.25) is 0 Å². The number of hydrogen-bond acceptors (Lipinski definition) is 1. The molecule has 0 N–H and O–H groups in total. The molecule has 0 aliphatic carbocycles. The van der Waals surface area contributed by atoms with Crippen molar-refractivity contribution in [3.63, 3.8) is 0 Å². The Morgan fingerprint density at radius 1 is 1.71 bits per heavy atom. The molecule has 0 aromatic heterocycles. The summed E-state index contributed by atoms with van der Waals surface area (Å²) in [6.07, 6.45) is 1.93. The Bertz CT molecular complexity index is 62.5. The number of halogens is 1. The summed E-state index contributed by atoms with van der Waals surface area (Å²) in [5, 5.41) is -0.583. The first-order valence-electron chi connectivity index (χ1n) is 2.39. The Labute approximate surface area is 48.6 Å². The van der Waals surface area contributed by atoms with Crippen molar-refractivity contribution in [1.29, 1.82) is 0 Å². The standard InChI is InChI=1S/C5H8ClO/c1-5(6)3-2-4-7-5/h1-4H2. The van der Waals surface area contributed by atoms with Crippen molar-refractivity contribution in [1.82, 2.24) is 0 Å². The van der Waals surface area contributed by atoms with Gasteiger partial charge in [0.1, 0.15) is 5.06 Å². The average molecular weight is 120 g/mol. The first-order chi connectivity index (χ1) is 3.21. The highest BCUT2D eigenvalue weighted by Crippen LogP contribution is 2.27. The lowest BCUT2D eigenvalue weighted by Gasteiger charge is -2.10. The van der Waals surface area contributed by atoms with Crippen molar-refractivity contribution in [2.75, 3.05) is 6.61 Å². The molecule has 0 saturated carbocycles. The fourth-order valence-corrected chi connectivity index (χ4v) is 0.874. The van der Waals surface area contributed by atoms with Crippen LogP contribution in [0.3, 0.4) is 0 Å². The van der Waals surface area contributed by atoms with Crippen LogP contribution in [0.25, 0.3) is 0 Å². The highest BCUT2D eigenvalue weighted by atomic mass is 35.5. The molecule has 0 amide bonds. The second-order valence-corrected chi connectivity index (χ2v) is 2.52. The fourth-order valence-electron chi connectivity index (χ4n) is 0.663. The minimum atomic E-state index is -0.583. The lowest BCUT2D eigenvalue weighted by Crippen LogP contribution is -2.12. The highest BCUT2D eigenvalue weighted by Gasteiger charge is 2.25. The minimum Gasteiger partial charge on any atom is -0.360 e. The van der Waals surface area contributed by atoms with E-state index in [4.69, 9.17) is 16.3 Å². The molecule has 0 bridgehead atoms. The van der Waals surface area contributed by atoms with Gasteiger partial charge in [-0.1, -0.05) is 11.6 Å². The van der Waals surface area contributed by atoms with Crippen molar-refractivity contribution in [3.05, 3.63) is 6.92 Å². The molecule has 1 rings (SSSR count). The van der Waals surface area contributed by atoms with E-state index in [1.807, 2.05) is 0 Å². The van der Waals surface area contributed by atoms with Crippen LogP contribution in [0.4, 0.5) is 0 Å². The first kappa shape index (κ1) is 5.39. The zero-order valence-corrected chi connectivity index (χ0v) is 4.87. The van der Waals surface area contributed by atoms with Crippen molar-refractivity contribution in [2.24, 2.45) is 0 Å². The third-order valence-corrected chi connectivity index (χ3v) is 1.35. The quantitative estimate of drug-likeness (QED) is 0.440. The summed E-state index contributed by atoms with van der Waals surface area (Å²) in [4.78, 5) is 0. The van der Waals surface area contributed by atoms with Gasteiger partial charge in [-0.2, -0.15) is 0 Å². The zero-order valence-electron chi connectivity index (χ0n) is 4.11. The van der Waals surface area contributed by atoms with Crippen LogP contribution in [0.1, 0.15) is 12.8 Å². The van der Waals surface area contributed by atoms with E-state index < -0.39 is 5.06 Å². The lowest BCUT2D eigenvalue weighted by molar-refractivity contribution is 0.111. The van der Waals surface area contributed by atoms with Crippen LogP contribution in [0, 0.1) is 6.92 Å². The Balaban J connectivity index is 2.40. The molecule has 1 fully saturated rings. The van der Waals surface area contributed by atoms with Crippen molar-refractivity contribution < 1.29 is 4.74 Å². The molecular weight excluding hydrogens is 112 g/mol. The highest BCUT2D eigenvalue weighted by molar-refractivity contribution is 6.23. The topological polar surface area (TPSA) is 9.23 Å². The molecule has 1 heterocycles. The zero-order chi connectivity index (χ0) is 5.33. The predicted octanol–water partition coefficient (Wildman–Crippen LogP) is 1.57. The van der Waals surface area contributed by atoms with Crippen LogP contribution in [-0.2, 0) is 4.74 Å². The first-order valence-corrected chi connectivity index (χ1v) is 2.77. The summed E-state index contributed by atoms with van der Waals surface area (Å²) < 4.78 is 4.99. The van der Waals surface area contributed by atoms with E-state index in [-0.39, 0.29) is 0 Å². The molecule has 0 spiro atoms. The van der Waals surface area contributed by atoms with Gasteiger partial charge in [0, 0.05) is 6.61 Å². The summed E-state index contributed by atoms with van der Waals surface area (Å²) in [7, 11) is 0. The second-order valence-electron chi connectivity index (χ2n) is 1.84. The van der Waals surface area contributed by atoms with E-state index >= 15 is 0 Å². The molecule has 1 unspecified atom stereocenters. The smallest absolute Gasteiger partial charge is 0.142 e. The van der Waals surface area contributed by atoms with Gasteiger partial charge in [0.15, 0.2) is 0 Å². The molecule has 1 atom stereocenters. The summed E-state index contributed by atoms with van der Waals surface area (Å²) >= 11 is 5.63. The van der Waals surface area contributed by atoms with Gasteiger partial charge < -0.3 is 4.74 Å². The largest absolute Gasteiger partial charge is 0.360 e. The monoisotopic (exact) mass is 119 g/mol. The van der Waals surface area contributed by atoms with E-state index in [1.165, 1.54) is 0 Å². The third kappa shape index (κ3) is 1.32. The second kappa shape index (κ2) is 1.64. The van der Waals surface area contributed by atoms with Crippen LogP contribution in [-0.4, -0.2) is 11.7 Å². The van der Waals surface area contributed by atoms with E-state index in [2.05, 4.69) is 6.92 Å². The maximum Gasteiger partial charge on any atom is 0.142 e. The van der Waals surface area contributed by atoms with Crippen LogP contribution < -0.4 is 0 Å². The van der Waals surface area contributed by atoms with Crippen LogP contribution in [0.15, 0.2) is 0 Å². The number of rotatable bonds is 0. The minimum absolute atomic E-state index is 0.583. The molecule has 2 heteroatoms. The van der Waals surface area contributed by atoms with E-state index in [1.54, 1.807) is 0 Å². The molecule has 1 aliphatic heterocycles. The summed E-state index contributed by atoms with van der Waals surface area (Å²) in [5.41, 5.74) is 0. The molecule has 1 nitrogen and oxygen atoms in total. The van der Waals surface area contributed by atoms with Gasteiger partial charge in [0.2, 0.25) is 0 Å². The van der Waals surface area contributed by atoms with Crippen LogP contribution in [0.5, 0.6) is 0 Å². The van der Waals surface area contributed by atoms with E-state index in [0.29, 0.717) is 0 Å². The van der Waals surface area contributed by atoms with Gasteiger partial charge in [0.25, 0.3) is 0 Å². The summed E-state index contributed by atoms with van der Waals surface area (Å²) in [6, 6.07) is 0. The Kier molecular flexibility index (Phi) is 1.26. The lowest BCUT2D eigenvalue weighted by atomic mass is 10.3. The summed E-state index contributed by atoms with van der Waals surface area (Å²) in [5.74, 6) is 0. The van der Waals surface area contributed by atoms with Crippen LogP contribution >= 0.6 is 11.6 Å². The Morgan fingerprint density at radius 2 is 2.43 bits per heavy atom. The van der Waals surface area contributed by atoms with E-state index in [9.17, 15) is 0 Å². The van der Waals surface area contributed by atoms with Gasteiger partial charge in [-0.25, -0.2) is 0 Å². The normalized spacial score (nSPS) is 42.0. The molecule has 41 valence electrons. The Hall–Kier alpha value is 0.250. The van der Waals surface area contributed by atoms with Gasteiger partial charge in [-0.15, -0.1) is 0 Å². The van der Waals surface area contributed by atoms with Crippen molar-refractivity contribution in [2.45, 2.75) is 17.9 Å². The van der Waals surface area contributed by atoms with Crippen molar-refractivity contribution >= 4 is 11.6 Å². The fraction of sp³-hybridized carbons (Fsp3) is 0.800. The molecule has 7 heavy (non-hydrogen) atoms. The molecule has 0 aromatic rings. The molecule has 0 aromatic carbocycles. The molecule has 1 saturated heterocycles. The Morgan fingerprint density at radius 3 is 2.57 bits per heavy atom.